The lowest BCUT2D eigenvalue weighted by Gasteiger charge is -2.36. The molecule has 3 unspecified atom stereocenters. The van der Waals surface area contributed by atoms with Gasteiger partial charge in [0.15, 0.2) is 0 Å². The molecule has 0 bridgehead atoms. The van der Waals surface area contributed by atoms with E-state index in [0.29, 0.717) is 17.8 Å². The summed E-state index contributed by atoms with van der Waals surface area (Å²) in [6.07, 6.45) is 2.98. The second kappa shape index (κ2) is 6.76. The lowest BCUT2D eigenvalue weighted by atomic mass is 9.75. The first-order valence-corrected chi connectivity index (χ1v) is 6.81. The zero-order valence-corrected chi connectivity index (χ0v) is 11.5. The third-order valence-electron chi connectivity index (χ3n) is 3.79. The molecule has 1 N–H and O–H groups in total. The molecule has 1 aliphatic carbocycles. The molecule has 1 rings (SSSR count). The van der Waals surface area contributed by atoms with Crippen LogP contribution < -0.4 is 0 Å². The maximum Gasteiger partial charge on any atom is 0.306 e. The van der Waals surface area contributed by atoms with Crippen molar-refractivity contribution in [2.45, 2.75) is 59.0 Å². The Morgan fingerprint density at radius 3 is 2.50 bits per heavy atom. The Kier molecular flexibility index (Phi) is 5.63. The van der Waals surface area contributed by atoms with Crippen molar-refractivity contribution >= 4 is 11.9 Å². The molecule has 0 spiro atoms. The SMILES string of the molecule is CC1CCC(C(C)C)C(OC(=O)CCC(=O)O)C1. The molecule has 0 radical (unpaired) electrons. The van der Waals surface area contributed by atoms with Crippen molar-refractivity contribution in [1.82, 2.24) is 0 Å². The molecule has 4 nitrogen and oxygen atoms in total. The maximum atomic E-state index is 11.6. The van der Waals surface area contributed by atoms with Gasteiger partial charge < -0.3 is 9.84 Å². The summed E-state index contributed by atoms with van der Waals surface area (Å²) in [5.41, 5.74) is 0. The lowest BCUT2D eigenvalue weighted by molar-refractivity contribution is -0.158. The Bertz CT molecular complexity index is 298. The minimum absolute atomic E-state index is 0.0228. The molecule has 0 aromatic heterocycles. The van der Waals surface area contributed by atoms with Gasteiger partial charge in [-0.25, -0.2) is 0 Å². The highest BCUT2D eigenvalue weighted by Crippen LogP contribution is 2.35. The van der Waals surface area contributed by atoms with E-state index in [4.69, 9.17) is 9.84 Å². The number of aliphatic carboxylic acids is 1. The predicted octanol–water partition coefficient (Wildman–Crippen LogP) is 2.86. The minimum Gasteiger partial charge on any atom is -0.481 e. The van der Waals surface area contributed by atoms with Crippen LogP contribution in [0.4, 0.5) is 0 Å². The molecule has 0 amide bonds. The van der Waals surface area contributed by atoms with Gasteiger partial charge >= 0.3 is 11.9 Å². The Morgan fingerprint density at radius 1 is 1.28 bits per heavy atom. The molecule has 3 atom stereocenters. The first-order chi connectivity index (χ1) is 8.40. The molecule has 0 heterocycles. The fraction of sp³-hybridized carbons (Fsp3) is 0.857. The zero-order chi connectivity index (χ0) is 13.7. The van der Waals surface area contributed by atoms with Gasteiger partial charge in [-0.1, -0.05) is 27.2 Å². The lowest BCUT2D eigenvalue weighted by Crippen LogP contribution is -2.35. The number of carboxylic acid groups (broad SMARTS) is 1. The van der Waals surface area contributed by atoms with E-state index in [0.717, 1.165) is 12.8 Å². The van der Waals surface area contributed by atoms with Crippen LogP contribution in [0.15, 0.2) is 0 Å². The van der Waals surface area contributed by atoms with Gasteiger partial charge in [-0.2, -0.15) is 0 Å². The standard InChI is InChI=1S/C14H24O4/c1-9(2)11-5-4-10(3)8-12(11)18-14(17)7-6-13(15)16/h9-12H,4-8H2,1-3H3,(H,15,16). The fourth-order valence-corrected chi connectivity index (χ4v) is 2.69. The average Bonchev–Trinajstić information content (AvgIpc) is 2.26. The van der Waals surface area contributed by atoms with Gasteiger partial charge in [0.25, 0.3) is 0 Å². The third-order valence-corrected chi connectivity index (χ3v) is 3.79. The Morgan fingerprint density at radius 2 is 1.94 bits per heavy atom. The Balaban J connectivity index is 2.49. The smallest absolute Gasteiger partial charge is 0.306 e. The van der Waals surface area contributed by atoms with Gasteiger partial charge in [0, 0.05) is 0 Å². The summed E-state index contributed by atoms with van der Waals surface area (Å²) in [6, 6.07) is 0. The van der Waals surface area contributed by atoms with Crippen LogP contribution in [-0.4, -0.2) is 23.1 Å². The third kappa shape index (κ3) is 4.67. The molecule has 1 saturated carbocycles. The highest BCUT2D eigenvalue weighted by molar-refractivity contribution is 5.76. The molecule has 1 fully saturated rings. The molecular formula is C14H24O4. The van der Waals surface area contributed by atoms with Crippen LogP contribution in [0, 0.1) is 17.8 Å². The highest BCUT2D eigenvalue weighted by Gasteiger charge is 2.33. The molecule has 1 aliphatic rings. The molecule has 0 aromatic rings. The molecule has 0 aliphatic heterocycles. The van der Waals surface area contributed by atoms with Crippen LogP contribution in [0.3, 0.4) is 0 Å². The molecule has 4 heteroatoms. The van der Waals surface area contributed by atoms with Gasteiger partial charge in [-0.05, 0) is 30.6 Å². The Hall–Kier alpha value is -1.06. The van der Waals surface area contributed by atoms with Gasteiger partial charge in [0.1, 0.15) is 6.10 Å². The van der Waals surface area contributed by atoms with Crippen molar-refractivity contribution in [2.24, 2.45) is 17.8 Å². The number of carboxylic acids is 1. The van der Waals surface area contributed by atoms with Crippen molar-refractivity contribution in [1.29, 1.82) is 0 Å². The van der Waals surface area contributed by atoms with Crippen LogP contribution in [0.25, 0.3) is 0 Å². The average molecular weight is 256 g/mol. The van der Waals surface area contributed by atoms with E-state index in [1.807, 2.05) is 0 Å². The number of hydrogen-bond acceptors (Lipinski definition) is 3. The van der Waals surface area contributed by atoms with Crippen molar-refractivity contribution in [3.63, 3.8) is 0 Å². The number of rotatable bonds is 5. The van der Waals surface area contributed by atoms with Crippen LogP contribution in [0.5, 0.6) is 0 Å². The second-order valence-electron chi connectivity index (χ2n) is 5.75. The zero-order valence-electron chi connectivity index (χ0n) is 11.5. The van der Waals surface area contributed by atoms with Crippen LogP contribution in [0.2, 0.25) is 0 Å². The van der Waals surface area contributed by atoms with E-state index < -0.39 is 5.97 Å². The largest absolute Gasteiger partial charge is 0.481 e. The quantitative estimate of drug-likeness (QED) is 0.768. The van der Waals surface area contributed by atoms with Crippen molar-refractivity contribution in [3.05, 3.63) is 0 Å². The number of esters is 1. The number of carbonyl (C=O) groups excluding carboxylic acids is 1. The summed E-state index contributed by atoms with van der Waals surface area (Å²) in [7, 11) is 0. The number of carbonyl (C=O) groups is 2. The summed E-state index contributed by atoms with van der Waals surface area (Å²) < 4.78 is 5.48. The molecular weight excluding hydrogens is 232 g/mol. The maximum absolute atomic E-state index is 11.6. The molecule has 104 valence electrons. The van der Waals surface area contributed by atoms with Gasteiger partial charge in [0.05, 0.1) is 12.8 Å². The first-order valence-electron chi connectivity index (χ1n) is 6.81. The normalized spacial score (nSPS) is 28.1. The van der Waals surface area contributed by atoms with E-state index in [-0.39, 0.29) is 24.9 Å². The molecule has 0 saturated heterocycles. The van der Waals surface area contributed by atoms with Gasteiger partial charge in [0.2, 0.25) is 0 Å². The minimum atomic E-state index is -0.954. The van der Waals surface area contributed by atoms with Crippen molar-refractivity contribution in [3.8, 4) is 0 Å². The summed E-state index contributed by atoms with van der Waals surface area (Å²) >= 11 is 0. The Labute approximate surface area is 109 Å². The highest BCUT2D eigenvalue weighted by atomic mass is 16.5. The van der Waals surface area contributed by atoms with E-state index >= 15 is 0 Å². The molecule has 0 aromatic carbocycles. The van der Waals surface area contributed by atoms with E-state index in [2.05, 4.69) is 20.8 Å². The van der Waals surface area contributed by atoms with Crippen LogP contribution >= 0.6 is 0 Å². The molecule has 18 heavy (non-hydrogen) atoms. The summed E-state index contributed by atoms with van der Waals surface area (Å²) in [5.74, 6) is 0.161. The van der Waals surface area contributed by atoms with E-state index in [1.54, 1.807) is 0 Å². The second-order valence-corrected chi connectivity index (χ2v) is 5.75. The summed E-state index contributed by atoms with van der Waals surface area (Å²) in [4.78, 5) is 22.0. The van der Waals surface area contributed by atoms with E-state index in [9.17, 15) is 9.59 Å². The fourth-order valence-electron chi connectivity index (χ4n) is 2.69. The van der Waals surface area contributed by atoms with Crippen molar-refractivity contribution < 1.29 is 19.4 Å². The van der Waals surface area contributed by atoms with Gasteiger partial charge in [-0.15, -0.1) is 0 Å². The monoisotopic (exact) mass is 256 g/mol. The topological polar surface area (TPSA) is 63.6 Å². The van der Waals surface area contributed by atoms with E-state index in [1.165, 1.54) is 6.42 Å². The number of ether oxygens (including phenoxy) is 1. The van der Waals surface area contributed by atoms with Crippen LogP contribution in [0.1, 0.15) is 52.9 Å². The number of hydrogen-bond donors (Lipinski definition) is 1. The summed E-state index contributed by atoms with van der Waals surface area (Å²) in [5, 5.41) is 8.54. The van der Waals surface area contributed by atoms with Crippen molar-refractivity contribution in [2.75, 3.05) is 0 Å². The van der Waals surface area contributed by atoms with Gasteiger partial charge in [-0.3, -0.25) is 9.59 Å². The van der Waals surface area contributed by atoms with Crippen LogP contribution in [-0.2, 0) is 14.3 Å². The predicted molar refractivity (Wildman–Crippen MR) is 68.1 cm³/mol. The summed E-state index contributed by atoms with van der Waals surface area (Å²) in [6.45, 7) is 6.48. The first kappa shape index (κ1) is 15.0.